The number of aromatic nitrogens is 5. The number of hydrogen-bond acceptors (Lipinski definition) is 7. The van der Waals surface area contributed by atoms with E-state index in [1.54, 1.807) is 0 Å². The number of morpholine rings is 1. The number of nitrogen functional groups attached to an aromatic ring is 1. The third kappa shape index (κ3) is 2.78. The lowest BCUT2D eigenvalue weighted by Gasteiger charge is -2.27. The summed E-state index contributed by atoms with van der Waals surface area (Å²) < 4.78 is 7.46. The van der Waals surface area contributed by atoms with Crippen LogP contribution in [0.15, 0.2) is 24.7 Å². The molecule has 4 heterocycles. The molecule has 0 radical (unpaired) electrons. The van der Waals surface area contributed by atoms with Gasteiger partial charge in [0, 0.05) is 30.9 Å². The number of ether oxygens (including phenoxy) is 1. The number of anilines is 2. The molecule has 1 aliphatic rings. The fourth-order valence-electron chi connectivity index (χ4n) is 3.12. The predicted octanol–water partition coefficient (Wildman–Crippen LogP) is 1.89. The molecule has 1 aliphatic heterocycles. The Morgan fingerprint density at radius 1 is 1.12 bits per heavy atom. The average Bonchev–Trinajstić information content (AvgIpc) is 3.04. The lowest BCUT2D eigenvalue weighted by Crippen LogP contribution is -2.36. The molecule has 0 bridgehead atoms. The lowest BCUT2D eigenvalue weighted by atomic mass is 10.2. The summed E-state index contributed by atoms with van der Waals surface area (Å²) in [6.45, 7) is 7.40. The van der Waals surface area contributed by atoms with Crippen molar-refractivity contribution in [1.29, 1.82) is 0 Å². The molecule has 130 valence electrons. The third-order valence-corrected chi connectivity index (χ3v) is 4.36. The smallest absolute Gasteiger partial charge is 0.166 e. The van der Waals surface area contributed by atoms with E-state index in [4.69, 9.17) is 10.5 Å². The van der Waals surface area contributed by atoms with Gasteiger partial charge in [-0.25, -0.2) is 19.9 Å². The summed E-state index contributed by atoms with van der Waals surface area (Å²) >= 11 is 0. The molecular formula is C17H21N7O. The molecule has 0 aromatic carbocycles. The van der Waals surface area contributed by atoms with Gasteiger partial charge in [0.1, 0.15) is 18.0 Å². The van der Waals surface area contributed by atoms with E-state index in [0.29, 0.717) is 11.3 Å². The quantitative estimate of drug-likeness (QED) is 0.778. The van der Waals surface area contributed by atoms with Crippen LogP contribution >= 0.6 is 0 Å². The molecule has 0 amide bonds. The average molecular weight is 339 g/mol. The summed E-state index contributed by atoms with van der Waals surface area (Å²) in [6, 6.07) is 4.26. The lowest BCUT2D eigenvalue weighted by molar-refractivity contribution is 0.122. The monoisotopic (exact) mass is 339 g/mol. The van der Waals surface area contributed by atoms with E-state index in [1.807, 2.05) is 18.3 Å². The maximum Gasteiger partial charge on any atom is 0.166 e. The SMILES string of the molecule is CC(C)n1c(-c2ccc(N3CCOCC3)nc2)nc2c(N)ncnc21. The van der Waals surface area contributed by atoms with Crippen LogP contribution in [-0.2, 0) is 4.74 Å². The van der Waals surface area contributed by atoms with E-state index < -0.39 is 0 Å². The molecule has 0 atom stereocenters. The Morgan fingerprint density at radius 2 is 1.92 bits per heavy atom. The van der Waals surface area contributed by atoms with Crippen molar-refractivity contribution >= 4 is 22.8 Å². The second-order valence-electron chi connectivity index (χ2n) is 6.33. The summed E-state index contributed by atoms with van der Waals surface area (Å²) in [5.74, 6) is 2.15. The Kier molecular flexibility index (Phi) is 3.96. The summed E-state index contributed by atoms with van der Waals surface area (Å²) in [6.07, 6.45) is 3.33. The fraction of sp³-hybridized carbons (Fsp3) is 0.412. The van der Waals surface area contributed by atoms with Crippen molar-refractivity contribution in [3.8, 4) is 11.4 Å². The van der Waals surface area contributed by atoms with Crippen LogP contribution in [0.3, 0.4) is 0 Å². The molecule has 2 N–H and O–H groups in total. The van der Waals surface area contributed by atoms with Crippen molar-refractivity contribution in [3.63, 3.8) is 0 Å². The molecule has 0 aliphatic carbocycles. The van der Waals surface area contributed by atoms with Crippen LogP contribution in [0.1, 0.15) is 19.9 Å². The number of pyridine rings is 1. The maximum absolute atomic E-state index is 5.98. The van der Waals surface area contributed by atoms with Gasteiger partial charge in [-0.15, -0.1) is 0 Å². The highest BCUT2D eigenvalue weighted by molar-refractivity contribution is 5.85. The molecule has 1 fully saturated rings. The molecule has 8 heteroatoms. The van der Waals surface area contributed by atoms with E-state index in [9.17, 15) is 0 Å². The maximum atomic E-state index is 5.98. The van der Waals surface area contributed by atoms with Gasteiger partial charge in [0.25, 0.3) is 0 Å². The van der Waals surface area contributed by atoms with Crippen LogP contribution in [0.5, 0.6) is 0 Å². The van der Waals surface area contributed by atoms with E-state index in [0.717, 1.165) is 49.2 Å². The second kappa shape index (κ2) is 6.29. The van der Waals surface area contributed by atoms with Gasteiger partial charge >= 0.3 is 0 Å². The number of nitrogens with zero attached hydrogens (tertiary/aromatic N) is 6. The summed E-state index contributed by atoms with van der Waals surface area (Å²) in [4.78, 5) is 19.9. The minimum Gasteiger partial charge on any atom is -0.382 e. The van der Waals surface area contributed by atoms with Crippen molar-refractivity contribution in [1.82, 2.24) is 24.5 Å². The highest BCUT2D eigenvalue weighted by Gasteiger charge is 2.19. The number of imidazole rings is 1. The van der Waals surface area contributed by atoms with E-state index in [2.05, 4.69) is 43.3 Å². The number of hydrogen-bond donors (Lipinski definition) is 1. The minimum absolute atomic E-state index is 0.188. The highest BCUT2D eigenvalue weighted by Crippen LogP contribution is 2.29. The zero-order valence-corrected chi connectivity index (χ0v) is 14.4. The molecule has 3 aromatic rings. The summed E-state index contributed by atoms with van der Waals surface area (Å²) in [7, 11) is 0. The van der Waals surface area contributed by atoms with Crippen LogP contribution in [0, 0.1) is 0 Å². The molecule has 1 saturated heterocycles. The Labute approximate surface area is 145 Å². The summed E-state index contributed by atoms with van der Waals surface area (Å²) in [5, 5.41) is 0. The van der Waals surface area contributed by atoms with Crippen molar-refractivity contribution < 1.29 is 4.74 Å². The van der Waals surface area contributed by atoms with E-state index in [1.165, 1.54) is 6.33 Å². The normalized spacial score (nSPS) is 15.2. The number of fused-ring (bicyclic) bond motifs is 1. The largest absolute Gasteiger partial charge is 0.382 e. The van der Waals surface area contributed by atoms with Gasteiger partial charge in [0.2, 0.25) is 0 Å². The van der Waals surface area contributed by atoms with E-state index in [-0.39, 0.29) is 6.04 Å². The highest BCUT2D eigenvalue weighted by atomic mass is 16.5. The Balaban J connectivity index is 1.76. The van der Waals surface area contributed by atoms with Crippen molar-refractivity contribution in [2.75, 3.05) is 36.9 Å². The van der Waals surface area contributed by atoms with Gasteiger partial charge in [0.15, 0.2) is 17.0 Å². The molecule has 0 spiro atoms. The number of rotatable bonds is 3. The van der Waals surface area contributed by atoms with Crippen LogP contribution in [0.4, 0.5) is 11.6 Å². The van der Waals surface area contributed by atoms with Gasteiger partial charge in [-0.05, 0) is 26.0 Å². The second-order valence-corrected chi connectivity index (χ2v) is 6.33. The van der Waals surface area contributed by atoms with Crippen LogP contribution in [0.2, 0.25) is 0 Å². The van der Waals surface area contributed by atoms with Gasteiger partial charge in [0.05, 0.1) is 13.2 Å². The van der Waals surface area contributed by atoms with Crippen molar-refractivity contribution in [3.05, 3.63) is 24.7 Å². The third-order valence-electron chi connectivity index (χ3n) is 4.36. The van der Waals surface area contributed by atoms with Gasteiger partial charge in [-0.1, -0.05) is 0 Å². The minimum atomic E-state index is 0.188. The molecule has 0 saturated carbocycles. The Morgan fingerprint density at radius 3 is 2.60 bits per heavy atom. The first-order valence-corrected chi connectivity index (χ1v) is 8.42. The molecule has 0 unspecified atom stereocenters. The zero-order chi connectivity index (χ0) is 17.4. The van der Waals surface area contributed by atoms with Crippen molar-refractivity contribution in [2.45, 2.75) is 19.9 Å². The molecule has 4 rings (SSSR count). The zero-order valence-electron chi connectivity index (χ0n) is 14.4. The first-order valence-electron chi connectivity index (χ1n) is 8.42. The Hall–Kier alpha value is -2.74. The fourth-order valence-corrected chi connectivity index (χ4v) is 3.12. The first-order chi connectivity index (χ1) is 12.1. The van der Waals surface area contributed by atoms with Gasteiger partial charge < -0.3 is 19.9 Å². The number of nitrogens with two attached hydrogens (primary N) is 1. The first kappa shape index (κ1) is 15.8. The summed E-state index contributed by atoms with van der Waals surface area (Å²) in [5.41, 5.74) is 8.28. The predicted molar refractivity (Wildman–Crippen MR) is 96.4 cm³/mol. The topological polar surface area (TPSA) is 95.0 Å². The van der Waals surface area contributed by atoms with Gasteiger partial charge in [-0.3, -0.25) is 0 Å². The molecule has 25 heavy (non-hydrogen) atoms. The molecule has 3 aromatic heterocycles. The molecular weight excluding hydrogens is 318 g/mol. The van der Waals surface area contributed by atoms with Gasteiger partial charge in [-0.2, -0.15) is 0 Å². The van der Waals surface area contributed by atoms with Crippen LogP contribution in [-0.4, -0.2) is 50.8 Å². The molecule has 8 nitrogen and oxygen atoms in total. The standard InChI is InChI=1S/C17H21N7O/c1-11(2)24-16(22-14-15(18)20-10-21-17(14)24)12-3-4-13(19-9-12)23-5-7-25-8-6-23/h3-4,9-11H,5-8H2,1-2H3,(H2,18,20,21). The van der Waals surface area contributed by atoms with Crippen LogP contribution < -0.4 is 10.6 Å². The van der Waals surface area contributed by atoms with E-state index >= 15 is 0 Å². The van der Waals surface area contributed by atoms with Crippen LogP contribution in [0.25, 0.3) is 22.6 Å². The van der Waals surface area contributed by atoms with Crippen molar-refractivity contribution in [2.24, 2.45) is 0 Å². The Bertz CT molecular complexity index is 882.